The molecule has 0 spiro atoms. The fourth-order valence-corrected chi connectivity index (χ4v) is 1.70. The Morgan fingerprint density at radius 1 is 1.17 bits per heavy atom. The predicted octanol–water partition coefficient (Wildman–Crippen LogP) is 2.89. The highest BCUT2D eigenvalue weighted by Gasteiger charge is 2.01. The minimum absolute atomic E-state index is 0.197. The summed E-state index contributed by atoms with van der Waals surface area (Å²) >= 11 is 0. The number of nitrogens with one attached hydrogen (secondary N) is 1. The van der Waals surface area contributed by atoms with E-state index >= 15 is 0 Å². The van der Waals surface area contributed by atoms with E-state index in [1.54, 1.807) is 12.1 Å². The molecule has 1 heterocycles. The average Bonchev–Trinajstić information content (AvgIpc) is 2.81. The van der Waals surface area contributed by atoms with Crippen LogP contribution < -0.4 is 5.32 Å². The van der Waals surface area contributed by atoms with E-state index in [0.717, 1.165) is 24.2 Å². The molecular formula is C14H18FN3. The summed E-state index contributed by atoms with van der Waals surface area (Å²) in [6, 6.07) is 6.93. The van der Waals surface area contributed by atoms with Crippen LogP contribution in [-0.2, 0) is 13.1 Å². The van der Waals surface area contributed by atoms with Crippen LogP contribution in [0.1, 0.15) is 31.0 Å². The second-order valence-electron chi connectivity index (χ2n) is 4.65. The average molecular weight is 247 g/mol. The van der Waals surface area contributed by atoms with E-state index in [1.165, 1.54) is 12.1 Å². The molecular weight excluding hydrogens is 229 g/mol. The first-order valence-corrected chi connectivity index (χ1v) is 6.13. The Balaban J connectivity index is 1.82. The van der Waals surface area contributed by atoms with Crippen molar-refractivity contribution in [2.24, 2.45) is 0 Å². The molecule has 1 aromatic heterocycles. The van der Waals surface area contributed by atoms with Crippen molar-refractivity contribution < 1.29 is 4.39 Å². The first-order chi connectivity index (χ1) is 8.65. The van der Waals surface area contributed by atoms with E-state index in [4.69, 9.17) is 0 Å². The minimum Gasteiger partial charge on any atom is -0.309 e. The topological polar surface area (TPSA) is 29.9 Å². The van der Waals surface area contributed by atoms with Gasteiger partial charge in [-0.15, -0.1) is 0 Å². The Labute approximate surface area is 107 Å². The number of halogens is 1. The molecule has 0 aliphatic heterocycles. The van der Waals surface area contributed by atoms with Gasteiger partial charge in [0.15, 0.2) is 0 Å². The van der Waals surface area contributed by atoms with Crippen molar-refractivity contribution in [1.82, 2.24) is 15.1 Å². The summed E-state index contributed by atoms with van der Waals surface area (Å²) in [6.45, 7) is 5.70. The third kappa shape index (κ3) is 3.40. The highest BCUT2D eigenvalue weighted by molar-refractivity contribution is 5.16. The molecule has 0 unspecified atom stereocenters. The number of rotatable bonds is 5. The van der Waals surface area contributed by atoms with Gasteiger partial charge < -0.3 is 5.32 Å². The molecule has 0 radical (unpaired) electrons. The van der Waals surface area contributed by atoms with Crippen molar-refractivity contribution in [1.29, 1.82) is 0 Å². The molecule has 0 amide bonds. The molecule has 0 fully saturated rings. The van der Waals surface area contributed by atoms with Gasteiger partial charge in [0.05, 0.1) is 6.20 Å². The molecule has 1 N–H and O–H groups in total. The quantitative estimate of drug-likeness (QED) is 0.880. The second kappa shape index (κ2) is 5.78. The predicted molar refractivity (Wildman–Crippen MR) is 69.6 cm³/mol. The zero-order chi connectivity index (χ0) is 13.0. The highest BCUT2D eigenvalue weighted by atomic mass is 19.1. The molecule has 2 rings (SSSR count). The second-order valence-corrected chi connectivity index (χ2v) is 4.65. The van der Waals surface area contributed by atoms with Crippen molar-refractivity contribution in [3.8, 4) is 0 Å². The van der Waals surface area contributed by atoms with Crippen molar-refractivity contribution in [3.63, 3.8) is 0 Å². The molecule has 3 nitrogen and oxygen atoms in total. The lowest BCUT2D eigenvalue weighted by Gasteiger charge is -2.04. The molecule has 0 atom stereocenters. The zero-order valence-corrected chi connectivity index (χ0v) is 10.7. The van der Waals surface area contributed by atoms with Crippen LogP contribution in [0.3, 0.4) is 0 Å². The monoisotopic (exact) mass is 247 g/mol. The molecule has 96 valence electrons. The van der Waals surface area contributed by atoms with E-state index in [-0.39, 0.29) is 5.82 Å². The number of aromatic nitrogens is 2. The van der Waals surface area contributed by atoms with E-state index in [2.05, 4.69) is 24.3 Å². The maximum atomic E-state index is 12.7. The third-order valence-corrected chi connectivity index (χ3v) is 2.76. The van der Waals surface area contributed by atoms with E-state index < -0.39 is 0 Å². The minimum atomic E-state index is -0.197. The lowest BCUT2D eigenvalue weighted by Crippen LogP contribution is -2.12. The first-order valence-electron chi connectivity index (χ1n) is 6.13. The third-order valence-electron chi connectivity index (χ3n) is 2.76. The van der Waals surface area contributed by atoms with Crippen LogP contribution in [0.15, 0.2) is 36.7 Å². The van der Waals surface area contributed by atoms with Gasteiger partial charge in [-0.05, 0) is 31.5 Å². The van der Waals surface area contributed by atoms with Gasteiger partial charge in [0, 0.05) is 30.9 Å². The number of hydrogen-bond donors (Lipinski definition) is 1. The van der Waals surface area contributed by atoms with Gasteiger partial charge in [-0.3, -0.25) is 4.68 Å². The zero-order valence-electron chi connectivity index (χ0n) is 10.7. The Morgan fingerprint density at radius 3 is 2.44 bits per heavy atom. The van der Waals surface area contributed by atoms with Crippen molar-refractivity contribution in [2.45, 2.75) is 33.0 Å². The van der Waals surface area contributed by atoms with E-state index in [9.17, 15) is 4.39 Å². The number of hydrogen-bond acceptors (Lipinski definition) is 2. The van der Waals surface area contributed by atoms with E-state index in [1.807, 2.05) is 17.1 Å². The summed E-state index contributed by atoms with van der Waals surface area (Å²) < 4.78 is 14.7. The smallest absolute Gasteiger partial charge is 0.123 e. The summed E-state index contributed by atoms with van der Waals surface area (Å²) in [6.07, 6.45) is 3.92. The molecule has 0 saturated heterocycles. The van der Waals surface area contributed by atoms with Gasteiger partial charge in [-0.1, -0.05) is 12.1 Å². The summed E-state index contributed by atoms with van der Waals surface area (Å²) in [5, 5.41) is 7.59. The maximum absolute atomic E-state index is 12.7. The molecule has 0 saturated carbocycles. The first kappa shape index (κ1) is 12.8. The van der Waals surface area contributed by atoms with Crippen LogP contribution in [0.5, 0.6) is 0 Å². The molecule has 4 heteroatoms. The van der Waals surface area contributed by atoms with Crippen molar-refractivity contribution in [3.05, 3.63) is 53.6 Å². The normalized spacial score (nSPS) is 11.1. The van der Waals surface area contributed by atoms with Crippen LogP contribution in [0.2, 0.25) is 0 Å². The summed E-state index contributed by atoms with van der Waals surface area (Å²) in [4.78, 5) is 0. The highest BCUT2D eigenvalue weighted by Crippen LogP contribution is 2.06. The standard InChI is InChI=1S/C14H18FN3/c1-11(2)18-10-13(9-17-18)8-16-7-12-3-5-14(15)6-4-12/h3-6,9-11,16H,7-8H2,1-2H3. The fraction of sp³-hybridized carbons (Fsp3) is 0.357. The van der Waals surface area contributed by atoms with Crippen LogP contribution in [-0.4, -0.2) is 9.78 Å². The van der Waals surface area contributed by atoms with Crippen LogP contribution in [0.4, 0.5) is 4.39 Å². The number of benzene rings is 1. The number of nitrogens with zero attached hydrogens (tertiary/aromatic N) is 2. The molecule has 1 aromatic carbocycles. The molecule has 2 aromatic rings. The Bertz CT molecular complexity index is 488. The van der Waals surface area contributed by atoms with Gasteiger partial charge in [0.2, 0.25) is 0 Å². The Hall–Kier alpha value is -1.68. The van der Waals surface area contributed by atoms with Gasteiger partial charge in [-0.25, -0.2) is 4.39 Å². The van der Waals surface area contributed by atoms with Crippen LogP contribution in [0, 0.1) is 5.82 Å². The lowest BCUT2D eigenvalue weighted by molar-refractivity contribution is 0.531. The van der Waals surface area contributed by atoms with Crippen molar-refractivity contribution in [2.75, 3.05) is 0 Å². The van der Waals surface area contributed by atoms with Crippen molar-refractivity contribution >= 4 is 0 Å². The summed E-state index contributed by atoms with van der Waals surface area (Å²) in [5.74, 6) is -0.197. The lowest BCUT2D eigenvalue weighted by atomic mass is 10.2. The maximum Gasteiger partial charge on any atom is 0.123 e. The van der Waals surface area contributed by atoms with Crippen LogP contribution in [0.25, 0.3) is 0 Å². The largest absolute Gasteiger partial charge is 0.309 e. The summed E-state index contributed by atoms with van der Waals surface area (Å²) in [5.41, 5.74) is 2.23. The van der Waals surface area contributed by atoms with Crippen LogP contribution >= 0.6 is 0 Å². The molecule has 18 heavy (non-hydrogen) atoms. The van der Waals surface area contributed by atoms with E-state index in [0.29, 0.717) is 6.04 Å². The Kier molecular flexibility index (Phi) is 4.10. The SMILES string of the molecule is CC(C)n1cc(CNCc2ccc(F)cc2)cn1. The van der Waals surface area contributed by atoms with Gasteiger partial charge in [0.1, 0.15) is 5.82 Å². The van der Waals surface area contributed by atoms with Gasteiger partial charge >= 0.3 is 0 Å². The Morgan fingerprint density at radius 2 is 1.83 bits per heavy atom. The van der Waals surface area contributed by atoms with Gasteiger partial charge in [0.25, 0.3) is 0 Å². The fourth-order valence-electron chi connectivity index (χ4n) is 1.70. The van der Waals surface area contributed by atoms with Gasteiger partial charge in [-0.2, -0.15) is 5.10 Å². The molecule has 0 bridgehead atoms. The molecule has 0 aliphatic carbocycles. The summed E-state index contributed by atoms with van der Waals surface area (Å²) in [7, 11) is 0. The molecule has 0 aliphatic rings.